The van der Waals surface area contributed by atoms with Crippen molar-refractivity contribution >= 4 is 39.5 Å². The molecule has 0 aliphatic carbocycles. The zero-order valence-electron chi connectivity index (χ0n) is 59.9. The van der Waals surface area contributed by atoms with Gasteiger partial charge in [-0.3, -0.25) is 37.3 Å². The summed E-state index contributed by atoms with van der Waals surface area (Å²) in [5, 5.41) is 10.6. The Morgan fingerprint density at radius 3 is 0.739 bits per heavy atom. The number of ether oxygens (including phenoxy) is 4. The van der Waals surface area contributed by atoms with E-state index in [0.717, 1.165) is 102 Å². The molecule has 2 unspecified atom stereocenters. The first-order valence-corrected chi connectivity index (χ1v) is 41.0. The van der Waals surface area contributed by atoms with Gasteiger partial charge in [-0.15, -0.1) is 0 Å². The molecule has 0 aliphatic heterocycles. The van der Waals surface area contributed by atoms with Gasteiger partial charge in [0.25, 0.3) is 0 Å². The third kappa shape index (κ3) is 66.7. The second kappa shape index (κ2) is 65.0. The number of rotatable bonds is 72. The number of esters is 4. The maximum absolute atomic E-state index is 13.1. The molecule has 0 saturated heterocycles. The first-order valence-electron chi connectivity index (χ1n) is 38.0. The van der Waals surface area contributed by atoms with Gasteiger partial charge in [-0.2, -0.15) is 0 Å². The Kier molecular flexibility index (Phi) is 63.7. The van der Waals surface area contributed by atoms with E-state index in [4.69, 9.17) is 37.0 Å². The van der Waals surface area contributed by atoms with E-state index in [9.17, 15) is 43.2 Å². The van der Waals surface area contributed by atoms with E-state index in [2.05, 4.69) is 41.5 Å². The van der Waals surface area contributed by atoms with Crippen molar-refractivity contribution in [3.05, 3.63) is 0 Å². The van der Waals surface area contributed by atoms with E-state index in [1.54, 1.807) is 0 Å². The predicted octanol–water partition coefficient (Wildman–Crippen LogP) is 21.2. The summed E-state index contributed by atoms with van der Waals surface area (Å²) >= 11 is 0. The number of unbranched alkanes of at least 4 members (excludes halogenated alkanes) is 42. The highest BCUT2D eigenvalue weighted by atomic mass is 31.2. The highest BCUT2D eigenvalue weighted by Gasteiger charge is 2.30. The average Bonchev–Trinajstić information content (AvgIpc) is 2.60. The normalized spacial score (nSPS) is 14.1. The van der Waals surface area contributed by atoms with Gasteiger partial charge in [-0.05, 0) is 37.5 Å². The van der Waals surface area contributed by atoms with Crippen LogP contribution in [0.4, 0.5) is 0 Å². The maximum atomic E-state index is 13.1. The molecule has 5 atom stereocenters. The smallest absolute Gasteiger partial charge is 0.462 e. The minimum absolute atomic E-state index is 0.101. The third-order valence-electron chi connectivity index (χ3n) is 17.0. The summed E-state index contributed by atoms with van der Waals surface area (Å²) in [5.74, 6) is -0.646. The van der Waals surface area contributed by atoms with E-state index in [0.29, 0.717) is 31.6 Å². The molecular weight excluding hydrogens is 1210 g/mol. The van der Waals surface area contributed by atoms with Crippen LogP contribution in [0.2, 0.25) is 0 Å². The SMILES string of the molecule is CCCCCCCCCCCCCCCCCCCC(=O)OC[C@H](COP(=O)(O)OC[C@@H](O)COP(=O)(O)OC[C@@H](COC(=O)CCCCCCC)OC(=O)CCCCCCCCC(C)C)OC(=O)CCCCCCCCCCCCCCCCCCCCC(C)C. The van der Waals surface area contributed by atoms with Crippen molar-refractivity contribution in [2.45, 2.75) is 394 Å². The number of hydrogen-bond acceptors (Lipinski definition) is 15. The van der Waals surface area contributed by atoms with Gasteiger partial charge in [0.1, 0.15) is 19.3 Å². The number of aliphatic hydroxyl groups is 1. The fourth-order valence-electron chi connectivity index (χ4n) is 11.1. The van der Waals surface area contributed by atoms with Crippen molar-refractivity contribution < 1.29 is 80.2 Å². The summed E-state index contributed by atoms with van der Waals surface area (Å²) in [4.78, 5) is 72.3. The molecule has 0 aromatic heterocycles. The molecule has 0 saturated carbocycles. The first kappa shape index (κ1) is 90.1. The third-order valence-corrected chi connectivity index (χ3v) is 18.9. The Labute approximate surface area is 562 Å². The van der Waals surface area contributed by atoms with Crippen molar-refractivity contribution in [1.29, 1.82) is 0 Å². The number of phosphoric ester groups is 2. The van der Waals surface area contributed by atoms with Crippen LogP contribution in [0.15, 0.2) is 0 Å². The fraction of sp³-hybridized carbons (Fsp3) is 0.945. The van der Waals surface area contributed by atoms with E-state index < -0.39 is 97.5 Å². The second-order valence-corrected chi connectivity index (χ2v) is 30.2. The fourth-order valence-corrected chi connectivity index (χ4v) is 12.7. The van der Waals surface area contributed by atoms with Gasteiger partial charge < -0.3 is 33.8 Å². The molecule has 92 heavy (non-hydrogen) atoms. The zero-order chi connectivity index (χ0) is 67.9. The van der Waals surface area contributed by atoms with Crippen molar-refractivity contribution in [3.63, 3.8) is 0 Å². The lowest BCUT2D eigenvalue weighted by atomic mass is 10.0. The van der Waals surface area contributed by atoms with Crippen molar-refractivity contribution in [1.82, 2.24) is 0 Å². The van der Waals surface area contributed by atoms with E-state index in [1.165, 1.54) is 186 Å². The Morgan fingerprint density at radius 2 is 0.500 bits per heavy atom. The van der Waals surface area contributed by atoms with Gasteiger partial charge >= 0.3 is 39.5 Å². The van der Waals surface area contributed by atoms with Gasteiger partial charge in [0.05, 0.1) is 26.4 Å². The Balaban J connectivity index is 5.10. The van der Waals surface area contributed by atoms with Crippen LogP contribution in [-0.2, 0) is 65.4 Å². The minimum atomic E-state index is -4.95. The number of carbonyl (C=O) groups is 4. The topological polar surface area (TPSA) is 237 Å². The average molecular weight is 1350 g/mol. The molecule has 0 fully saturated rings. The van der Waals surface area contributed by atoms with Gasteiger partial charge in [0, 0.05) is 25.7 Å². The predicted molar refractivity (Wildman–Crippen MR) is 372 cm³/mol. The van der Waals surface area contributed by atoms with Crippen LogP contribution >= 0.6 is 15.6 Å². The molecule has 0 bridgehead atoms. The summed E-state index contributed by atoms with van der Waals surface area (Å²) in [7, 11) is -9.89. The van der Waals surface area contributed by atoms with Crippen LogP contribution in [0.3, 0.4) is 0 Å². The van der Waals surface area contributed by atoms with Gasteiger partial charge in [0.2, 0.25) is 0 Å². The number of aliphatic hydroxyl groups excluding tert-OH is 1. The summed E-state index contributed by atoms with van der Waals surface area (Å²) in [6, 6.07) is 0. The van der Waals surface area contributed by atoms with Crippen LogP contribution in [0, 0.1) is 11.8 Å². The number of phosphoric acid groups is 2. The van der Waals surface area contributed by atoms with Crippen LogP contribution in [0.5, 0.6) is 0 Å². The molecule has 17 nitrogen and oxygen atoms in total. The summed E-state index contributed by atoms with van der Waals surface area (Å²) in [5.41, 5.74) is 0. The van der Waals surface area contributed by atoms with Crippen LogP contribution in [0.25, 0.3) is 0 Å². The Morgan fingerprint density at radius 1 is 0.293 bits per heavy atom. The molecule has 0 amide bonds. The van der Waals surface area contributed by atoms with Crippen molar-refractivity contribution in [3.8, 4) is 0 Å². The molecule has 0 spiro atoms. The van der Waals surface area contributed by atoms with E-state index in [-0.39, 0.29) is 25.7 Å². The molecule has 0 heterocycles. The first-order chi connectivity index (χ1) is 44.4. The van der Waals surface area contributed by atoms with Crippen LogP contribution < -0.4 is 0 Å². The summed E-state index contributed by atoms with van der Waals surface area (Å²) in [6.45, 7) is 9.42. The standard InChI is InChI=1S/C73H142O17P2/c1-7-9-11-13-14-15-16-17-18-21-25-28-31-34-37-44-50-56-71(76)84-62-69(89-72(77)57-51-45-38-35-32-29-26-23-20-19-22-24-27-30-33-36-42-47-53-65(3)4)64-88-92(81,82)86-60-67(74)59-85-91(79,80)87-63-68(61-83-70(75)55-49-41-12-10-8-2)90-73(78)58-52-46-40-39-43-48-54-66(5)6/h65-69,74H,7-64H2,1-6H3,(H,79,80)(H,81,82)/t67-,68+,69+/m0/s1. The molecule has 0 rings (SSSR count). The van der Waals surface area contributed by atoms with Crippen molar-refractivity contribution in [2.75, 3.05) is 39.6 Å². The molecule has 0 aliphatic rings. The summed E-state index contributed by atoms with van der Waals surface area (Å²) < 4.78 is 68.1. The lowest BCUT2D eigenvalue weighted by Gasteiger charge is -2.21. The largest absolute Gasteiger partial charge is 0.472 e. The van der Waals surface area contributed by atoms with Gasteiger partial charge in [-0.25, -0.2) is 9.13 Å². The van der Waals surface area contributed by atoms with Crippen LogP contribution in [-0.4, -0.2) is 96.7 Å². The zero-order valence-corrected chi connectivity index (χ0v) is 61.6. The molecule has 3 N–H and O–H groups in total. The summed E-state index contributed by atoms with van der Waals surface area (Å²) in [6.07, 6.45) is 52.1. The highest BCUT2D eigenvalue weighted by molar-refractivity contribution is 7.47. The van der Waals surface area contributed by atoms with E-state index >= 15 is 0 Å². The highest BCUT2D eigenvalue weighted by Crippen LogP contribution is 2.45. The Bertz CT molecular complexity index is 1790. The van der Waals surface area contributed by atoms with E-state index in [1.807, 2.05) is 0 Å². The molecular formula is C73H142O17P2. The lowest BCUT2D eigenvalue weighted by molar-refractivity contribution is -0.161. The molecule has 19 heteroatoms. The van der Waals surface area contributed by atoms with Crippen molar-refractivity contribution in [2.24, 2.45) is 11.8 Å². The molecule has 0 aromatic rings. The lowest BCUT2D eigenvalue weighted by Crippen LogP contribution is -2.30. The second-order valence-electron chi connectivity index (χ2n) is 27.3. The van der Waals surface area contributed by atoms with Gasteiger partial charge in [-0.1, -0.05) is 324 Å². The molecule has 0 radical (unpaired) electrons. The quantitative estimate of drug-likeness (QED) is 0.0222. The monoisotopic (exact) mass is 1350 g/mol. The molecule has 546 valence electrons. The maximum Gasteiger partial charge on any atom is 0.472 e. The molecule has 0 aromatic carbocycles. The minimum Gasteiger partial charge on any atom is -0.462 e. The Hall–Kier alpha value is -1.94. The number of hydrogen-bond donors (Lipinski definition) is 3. The van der Waals surface area contributed by atoms with Crippen LogP contribution in [0.1, 0.15) is 375 Å². The number of carbonyl (C=O) groups excluding carboxylic acids is 4. The van der Waals surface area contributed by atoms with Gasteiger partial charge in [0.15, 0.2) is 12.2 Å².